The van der Waals surface area contributed by atoms with E-state index in [-0.39, 0.29) is 12.2 Å². The number of alkyl halides is 3. The van der Waals surface area contributed by atoms with E-state index in [0.717, 1.165) is 16.5 Å². The molecule has 0 saturated carbocycles. The minimum absolute atomic E-state index is 0.0848. The van der Waals surface area contributed by atoms with Gasteiger partial charge in [0, 0.05) is 19.3 Å². The summed E-state index contributed by atoms with van der Waals surface area (Å²) in [6, 6.07) is 16.0. The molecule has 228 valence electrons. The molecule has 0 saturated heterocycles. The summed E-state index contributed by atoms with van der Waals surface area (Å²) in [5, 5.41) is 9.70. The summed E-state index contributed by atoms with van der Waals surface area (Å²) in [6.07, 6.45) is -5.38. The van der Waals surface area contributed by atoms with Crippen LogP contribution in [0.5, 0.6) is 5.75 Å². The minimum Gasteiger partial charge on any atom is -0.489 e. The second kappa shape index (κ2) is 12.4. The molecule has 2 amide bonds. The lowest BCUT2D eigenvalue weighted by Crippen LogP contribution is -2.47. The molecule has 0 aromatic heterocycles. The number of nitrogens with zero attached hydrogens (tertiary/aromatic N) is 2. The average molecular weight is 599 g/mol. The molecule has 1 N–H and O–H groups in total. The standard InChI is InChI=1S/C32H33F3N2O6/c1-31(2,3)43-30(41)36(4)27(29(39)40)18-28(38)37-15-14-22-17-23(11-13-26(22)37)42-19-20-10-12-24(21-8-6-5-7-9-21)25(16-20)32(33,34)35/h5-13,16-17,27H,14-15,18-19H2,1-4H3,(H,39,40). The van der Waals surface area contributed by atoms with Gasteiger partial charge in [-0.15, -0.1) is 0 Å². The first kappa shape index (κ1) is 31.4. The Balaban J connectivity index is 1.44. The number of carbonyl (C=O) groups is 3. The van der Waals surface area contributed by atoms with Gasteiger partial charge in [0.1, 0.15) is 24.0 Å². The Kier molecular flexibility index (Phi) is 9.03. The molecule has 0 radical (unpaired) electrons. The zero-order chi connectivity index (χ0) is 31.5. The molecule has 1 aliphatic rings. The smallest absolute Gasteiger partial charge is 0.417 e. The molecule has 1 heterocycles. The lowest BCUT2D eigenvalue weighted by Gasteiger charge is -2.29. The molecule has 0 bridgehead atoms. The van der Waals surface area contributed by atoms with Gasteiger partial charge in [0.2, 0.25) is 5.91 Å². The van der Waals surface area contributed by atoms with Crippen LogP contribution in [-0.4, -0.2) is 53.2 Å². The van der Waals surface area contributed by atoms with Crippen molar-refractivity contribution in [3.63, 3.8) is 0 Å². The highest BCUT2D eigenvalue weighted by atomic mass is 19.4. The number of halogens is 3. The summed E-state index contributed by atoms with van der Waals surface area (Å²) in [6.45, 7) is 5.16. The summed E-state index contributed by atoms with van der Waals surface area (Å²) < 4.78 is 52.7. The number of hydrogen-bond acceptors (Lipinski definition) is 5. The zero-order valence-corrected chi connectivity index (χ0v) is 24.3. The lowest BCUT2D eigenvalue weighted by atomic mass is 9.97. The van der Waals surface area contributed by atoms with Crippen molar-refractivity contribution in [3.05, 3.63) is 83.4 Å². The molecular formula is C32H33F3N2O6. The topological polar surface area (TPSA) is 96.4 Å². The molecule has 0 aliphatic carbocycles. The highest BCUT2D eigenvalue weighted by molar-refractivity contribution is 5.98. The predicted octanol–water partition coefficient (Wildman–Crippen LogP) is 6.55. The number of anilines is 1. The average Bonchev–Trinajstić information content (AvgIpc) is 3.36. The molecule has 0 spiro atoms. The molecule has 11 heteroatoms. The van der Waals surface area contributed by atoms with E-state index in [0.29, 0.717) is 35.5 Å². The number of rotatable bonds is 8. The van der Waals surface area contributed by atoms with Gasteiger partial charge in [-0.05, 0) is 73.7 Å². The third-order valence-electron chi connectivity index (χ3n) is 6.93. The highest BCUT2D eigenvalue weighted by Crippen LogP contribution is 2.38. The maximum Gasteiger partial charge on any atom is 0.417 e. The largest absolute Gasteiger partial charge is 0.489 e. The van der Waals surface area contributed by atoms with Gasteiger partial charge in [-0.3, -0.25) is 9.69 Å². The van der Waals surface area contributed by atoms with E-state index >= 15 is 0 Å². The van der Waals surface area contributed by atoms with Gasteiger partial charge >= 0.3 is 18.2 Å². The van der Waals surface area contributed by atoms with Crippen molar-refractivity contribution < 1.29 is 42.1 Å². The van der Waals surface area contributed by atoms with Crippen LogP contribution in [0.1, 0.15) is 43.9 Å². The quantitative estimate of drug-likeness (QED) is 0.316. The molecule has 0 fully saturated rings. The first-order chi connectivity index (χ1) is 20.1. The van der Waals surface area contributed by atoms with E-state index < -0.39 is 47.8 Å². The number of carboxylic acids is 1. The molecule has 4 rings (SSSR count). The van der Waals surface area contributed by atoms with Crippen LogP contribution >= 0.6 is 0 Å². The lowest BCUT2D eigenvalue weighted by molar-refractivity contribution is -0.144. The summed E-state index contributed by atoms with van der Waals surface area (Å²) in [5.74, 6) is -1.40. The first-order valence-electron chi connectivity index (χ1n) is 13.6. The third kappa shape index (κ3) is 7.65. The maximum absolute atomic E-state index is 13.9. The predicted molar refractivity (Wildman–Crippen MR) is 154 cm³/mol. The SMILES string of the molecule is CN(C(=O)OC(C)(C)C)C(CC(=O)N1CCc2cc(OCc3ccc(-c4ccccc4)c(C(F)(F)F)c3)ccc21)C(=O)O. The molecule has 1 unspecified atom stereocenters. The Morgan fingerprint density at radius 2 is 1.70 bits per heavy atom. The van der Waals surface area contributed by atoms with Crippen molar-refractivity contribution in [2.24, 2.45) is 0 Å². The van der Waals surface area contributed by atoms with Gasteiger partial charge in [-0.25, -0.2) is 9.59 Å². The Morgan fingerprint density at radius 3 is 2.33 bits per heavy atom. The third-order valence-corrected chi connectivity index (χ3v) is 6.93. The van der Waals surface area contributed by atoms with Crippen LogP contribution in [-0.2, 0) is 33.5 Å². The van der Waals surface area contributed by atoms with Gasteiger partial charge in [-0.2, -0.15) is 13.2 Å². The Morgan fingerprint density at radius 1 is 1.00 bits per heavy atom. The fraction of sp³-hybridized carbons (Fsp3) is 0.344. The van der Waals surface area contributed by atoms with Crippen LogP contribution in [0.3, 0.4) is 0 Å². The van der Waals surface area contributed by atoms with Crippen LogP contribution in [0.15, 0.2) is 66.7 Å². The van der Waals surface area contributed by atoms with Gasteiger partial charge in [0.25, 0.3) is 0 Å². The van der Waals surface area contributed by atoms with Gasteiger partial charge in [-0.1, -0.05) is 42.5 Å². The van der Waals surface area contributed by atoms with E-state index in [1.807, 2.05) is 0 Å². The number of fused-ring (bicyclic) bond motifs is 1. The minimum atomic E-state index is -4.55. The number of carboxylic acid groups (broad SMARTS) is 1. The maximum atomic E-state index is 13.9. The van der Waals surface area contributed by atoms with Crippen molar-refractivity contribution in [3.8, 4) is 16.9 Å². The van der Waals surface area contributed by atoms with Crippen LogP contribution < -0.4 is 9.64 Å². The van der Waals surface area contributed by atoms with Crippen LogP contribution in [0.4, 0.5) is 23.7 Å². The summed E-state index contributed by atoms with van der Waals surface area (Å²) in [5.41, 5.74) is 0.658. The number of benzene rings is 3. The number of ether oxygens (including phenoxy) is 2. The second-order valence-electron chi connectivity index (χ2n) is 11.3. The van der Waals surface area contributed by atoms with Crippen LogP contribution in [0.25, 0.3) is 11.1 Å². The molecular weight excluding hydrogens is 565 g/mol. The fourth-order valence-corrected chi connectivity index (χ4v) is 4.81. The second-order valence-corrected chi connectivity index (χ2v) is 11.3. The molecule has 3 aromatic carbocycles. The fourth-order valence-electron chi connectivity index (χ4n) is 4.81. The van der Waals surface area contributed by atoms with Crippen molar-refractivity contribution in [1.82, 2.24) is 4.90 Å². The molecule has 1 aliphatic heterocycles. The number of hydrogen-bond donors (Lipinski definition) is 1. The number of amides is 2. The van der Waals surface area contributed by atoms with Crippen molar-refractivity contribution in [1.29, 1.82) is 0 Å². The molecule has 8 nitrogen and oxygen atoms in total. The van der Waals surface area contributed by atoms with Gasteiger partial charge in [0.05, 0.1) is 12.0 Å². The Hall–Kier alpha value is -4.54. The van der Waals surface area contributed by atoms with E-state index in [1.165, 1.54) is 18.0 Å². The van der Waals surface area contributed by atoms with E-state index in [9.17, 15) is 32.7 Å². The van der Waals surface area contributed by atoms with Gasteiger partial charge in [0.15, 0.2) is 0 Å². The first-order valence-corrected chi connectivity index (χ1v) is 13.6. The summed E-state index contributed by atoms with van der Waals surface area (Å²) in [4.78, 5) is 39.8. The van der Waals surface area contributed by atoms with Crippen molar-refractivity contribution in [2.75, 3.05) is 18.5 Å². The summed E-state index contributed by atoms with van der Waals surface area (Å²) in [7, 11) is 1.27. The molecule has 43 heavy (non-hydrogen) atoms. The number of likely N-dealkylation sites (N-methyl/N-ethyl adjacent to an activating group) is 1. The number of aliphatic carboxylic acids is 1. The van der Waals surface area contributed by atoms with Crippen molar-refractivity contribution >= 4 is 23.7 Å². The van der Waals surface area contributed by atoms with E-state index in [2.05, 4.69) is 0 Å². The van der Waals surface area contributed by atoms with Crippen molar-refractivity contribution in [2.45, 2.75) is 58.0 Å². The molecule has 3 aromatic rings. The van der Waals surface area contributed by atoms with Crippen LogP contribution in [0, 0.1) is 0 Å². The monoisotopic (exact) mass is 598 g/mol. The Bertz CT molecular complexity index is 1500. The molecule has 1 atom stereocenters. The zero-order valence-electron chi connectivity index (χ0n) is 24.3. The van der Waals surface area contributed by atoms with Gasteiger partial charge < -0.3 is 19.5 Å². The van der Waals surface area contributed by atoms with E-state index in [4.69, 9.17) is 9.47 Å². The van der Waals surface area contributed by atoms with E-state index in [1.54, 1.807) is 75.4 Å². The normalized spacial score (nSPS) is 13.7. The highest BCUT2D eigenvalue weighted by Gasteiger charge is 2.36. The number of carbonyl (C=O) groups excluding carboxylic acids is 2. The Labute approximate surface area is 247 Å². The summed E-state index contributed by atoms with van der Waals surface area (Å²) >= 11 is 0. The van der Waals surface area contributed by atoms with Crippen LogP contribution in [0.2, 0.25) is 0 Å².